The number of benzene rings is 2. The predicted molar refractivity (Wildman–Crippen MR) is 109 cm³/mol. The van der Waals surface area contributed by atoms with Crippen molar-refractivity contribution in [2.24, 2.45) is 0 Å². The molecule has 7 nitrogen and oxygen atoms in total. The number of aryl methyl sites for hydroxylation is 2. The fourth-order valence-corrected chi connectivity index (χ4v) is 3.76. The van der Waals surface area contributed by atoms with Gasteiger partial charge in [0.15, 0.2) is 4.96 Å². The van der Waals surface area contributed by atoms with Gasteiger partial charge >= 0.3 is 0 Å². The molecule has 0 saturated heterocycles. The van der Waals surface area contributed by atoms with Crippen LogP contribution in [0.2, 0.25) is 0 Å². The Bertz CT molecular complexity index is 1210. The highest BCUT2D eigenvalue weighted by molar-refractivity contribution is 7.15. The first-order valence-electron chi connectivity index (χ1n) is 8.52. The van der Waals surface area contributed by atoms with Crippen LogP contribution in [0.3, 0.4) is 0 Å². The van der Waals surface area contributed by atoms with Crippen molar-refractivity contribution < 1.29 is 9.72 Å². The van der Waals surface area contributed by atoms with Crippen LogP contribution in [0.4, 0.5) is 11.4 Å². The van der Waals surface area contributed by atoms with E-state index in [4.69, 9.17) is 0 Å². The van der Waals surface area contributed by atoms with Gasteiger partial charge in [0.2, 0.25) is 0 Å². The van der Waals surface area contributed by atoms with Crippen molar-refractivity contribution in [2.75, 3.05) is 5.32 Å². The van der Waals surface area contributed by atoms with Crippen LogP contribution in [0.1, 0.15) is 21.6 Å². The van der Waals surface area contributed by atoms with Crippen LogP contribution in [0.5, 0.6) is 0 Å². The highest BCUT2D eigenvalue weighted by Crippen LogP contribution is 2.25. The summed E-state index contributed by atoms with van der Waals surface area (Å²) in [5.41, 5.74) is 4.23. The largest absolute Gasteiger partial charge is 0.322 e. The van der Waals surface area contributed by atoms with E-state index in [1.54, 1.807) is 42.5 Å². The molecule has 0 saturated carbocycles. The summed E-state index contributed by atoms with van der Waals surface area (Å²) >= 11 is 1.59. The molecule has 0 atom stereocenters. The van der Waals surface area contributed by atoms with Crippen LogP contribution in [0.15, 0.2) is 54.0 Å². The van der Waals surface area contributed by atoms with E-state index in [1.807, 2.05) is 29.7 Å². The van der Waals surface area contributed by atoms with Gasteiger partial charge < -0.3 is 5.32 Å². The van der Waals surface area contributed by atoms with Crippen molar-refractivity contribution >= 4 is 33.6 Å². The molecule has 0 radical (unpaired) electrons. The highest BCUT2D eigenvalue weighted by atomic mass is 32.1. The lowest BCUT2D eigenvalue weighted by Crippen LogP contribution is -2.12. The van der Waals surface area contributed by atoms with Crippen LogP contribution in [-0.2, 0) is 0 Å². The molecule has 1 N–H and O–H groups in total. The number of carbonyl (C=O) groups is 1. The van der Waals surface area contributed by atoms with Gasteiger partial charge in [0.1, 0.15) is 0 Å². The summed E-state index contributed by atoms with van der Waals surface area (Å²) < 4.78 is 2.04. The van der Waals surface area contributed by atoms with E-state index in [0.717, 1.165) is 21.9 Å². The molecular weight excluding hydrogens is 376 g/mol. The van der Waals surface area contributed by atoms with Crippen molar-refractivity contribution in [3.05, 3.63) is 81.0 Å². The number of carbonyl (C=O) groups excluding carboxylic acids is 1. The Morgan fingerprint density at radius 1 is 1.18 bits per heavy atom. The molecule has 1 amide bonds. The van der Waals surface area contributed by atoms with Gasteiger partial charge in [-0.15, -0.1) is 11.3 Å². The zero-order chi connectivity index (χ0) is 19.8. The normalized spacial score (nSPS) is 10.9. The molecule has 28 heavy (non-hydrogen) atoms. The minimum absolute atomic E-state index is 0.0713. The summed E-state index contributed by atoms with van der Waals surface area (Å²) in [6.07, 6.45) is 1.99. The van der Waals surface area contributed by atoms with Gasteiger partial charge in [0.05, 0.1) is 10.6 Å². The molecule has 140 valence electrons. The molecule has 2 aromatic carbocycles. The number of aromatic nitrogens is 2. The molecule has 0 unspecified atom stereocenters. The van der Waals surface area contributed by atoms with Crippen LogP contribution in [-0.4, -0.2) is 20.2 Å². The maximum absolute atomic E-state index is 12.4. The van der Waals surface area contributed by atoms with Crippen molar-refractivity contribution in [3.63, 3.8) is 0 Å². The molecule has 0 aliphatic rings. The second-order valence-corrected chi connectivity index (χ2v) is 7.28. The van der Waals surface area contributed by atoms with Gasteiger partial charge in [-0.3, -0.25) is 19.3 Å². The Morgan fingerprint density at radius 2 is 1.93 bits per heavy atom. The van der Waals surface area contributed by atoms with E-state index in [0.29, 0.717) is 11.3 Å². The molecule has 0 spiro atoms. The summed E-state index contributed by atoms with van der Waals surface area (Å²) in [5.74, 6) is -0.394. The number of fused-ring (bicyclic) bond motifs is 1. The Balaban J connectivity index is 1.53. The summed E-state index contributed by atoms with van der Waals surface area (Å²) in [6, 6.07) is 11.8. The van der Waals surface area contributed by atoms with E-state index in [9.17, 15) is 14.9 Å². The Kier molecular flexibility index (Phi) is 4.40. The Hall–Kier alpha value is -3.52. The van der Waals surface area contributed by atoms with E-state index >= 15 is 0 Å². The second-order valence-electron chi connectivity index (χ2n) is 6.45. The topological polar surface area (TPSA) is 89.5 Å². The number of nitrogens with one attached hydrogen (secondary N) is 1. The van der Waals surface area contributed by atoms with Crippen molar-refractivity contribution in [1.29, 1.82) is 0 Å². The zero-order valence-electron chi connectivity index (χ0n) is 15.2. The summed E-state index contributed by atoms with van der Waals surface area (Å²) in [6.45, 7) is 3.67. The second kappa shape index (κ2) is 6.90. The van der Waals surface area contributed by atoms with E-state index in [-0.39, 0.29) is 11.3 Å². The first kappa shape index (κ1) is 17.9. The number of nitro groups is 1. The lowest BCUT2D eigenvalue weighted by molar-refractivity contribution is -0.385. The SMILES string of the molecule is Cc1ccc(C(=O)Nc2ccc(-c3cn4c(C)csc4n3)cc2)cc1[N+](=O)[O-]. The van der Waals surface area contributed by atoms with Gasteiger partial charge in [-0.1, -0.05) is 18.2 Å². The number of anilines is 1. The Morgan fingerprint density at radius 3 is 2.61 bits per heavy atom. The molecule has 0 bridgehead atoms. The molecule has 2 aromatic heterocycles. The number of nitro benzene ring substituents is 1. The van der Waals surface area contributed by atoms with Crippen molar-refractivity contribution in [1.82, 2.24) is 9.38 Å². The number of nitrogens with zero attached hydrogens (tertiary/aromatic N) is 3. The van der Waals surface area contributed by atoms with Crippen molar-refractivity contribution in [3.8, 4) is 11.3 Å². The molecule has 8 heteroatoms. The highest BCUT2D eigenvalue weighted by Gasteiger charge is 2.15. The standard InChI is InChI=1S/C20H16N4O3S/c1-12-3-4-15(9-18(12)24(26)27)19(25)21-16-7-5-14(6-8-16)17-10-23-13(2)11-28-20(23)22-17/h3-11H,1-2H3,(H,21,25). The molecule has 4 aromatic rings. The first-order chi connectivity index (χ1) is 13.4. The third-order valence-electron chi connectivity index (χ3n) is 4.49. The third kappa shape index (κ3) is 3.25. The summed E-state index contributed by atoms with van der Waals surface area (Å²) in [4.78, 5) is 28.5. The maximum Gasteiger partial charge on any atom is 0.273 e. The number of amides is 1. The van der Waals surface area contributed by atoms with E-state index < -0.39 is 10.8 Å². The fraction of sp³-hybridized carbons (Fsp3) is 0.100. The minimum atomic E-state index is -0.488. The Labute approximate surface area is 164 Å². The van der Waals surface area contributed by atoms with Gasteiger partial charge in [0, 0.05) is 45.7 Å². The third-order valence-corrected chi connectivity index (χ3v) is 5.45. The number of imidazole rings is 1. The molecule has 4 rings (SSSR count). The lowest BCUT2D eigenvalue weighted by Gasteiger charge is -2.07. The average molecular weight is 392 g/mol. The van der Waals surface area contributed by atoms with Crippen LogP contribution in [0.25, 0.3) is 16.2 Å². The fourth-order valence-electron chi connectivity index (χ4n) is 2.91. The van der Waals surface area contributed by atoms with Gasteiger partial charge in [-0.05, 0) is 32.0 Å². The summed E-state index contributed by atoms with van der Waals surface area (Å²) in [5, 5.41) is 15.9. The van der Waals surface area contributed by atoms with Gasteiger partial charge in [-0.2, -0.15) is 0 Å². The molecule has 2 heterocycles. The van der Waals surface area contributed by atoms with Crippen LogP contribution >= 0.6 is 11.3 Å². The monoisotopic (exact) mass is 392 g/mol. The number of rotatable bonds is 4. The maximum atomic E-state index is 12.4. The quantitative estimate of drug-likeness (QED) is 0.397. The molecular formula is C20H16N4O3S. The minimum Gasteiger partial charge on any atom is -0.322 e. The molecule has 0 aliphatic carbocycles. The zero-order valence-corrected chi connectivity index (χ0v) is 16.0. The smallest absolute Gasteiger partial charge is 0.273 e. The average Bonchev–Trinajstić information content (AvgIpc) is 3.24. The predicted octanol–water partition coefficient (Wildman–Crippen LogP) is 4.84. The molecule has 0 fully saturated rings. The van der Waals surface area contributed by atoms with E-state index in [2.05, 4.69) is 15.7 Å². The number of thiazole rings is 1. The first-order valence-corrected chi connectivity index (χ1v) is 9.40. The van der Waals surface area contributed by atoms with Crippen molar-refractivity contribution in [2.45, 2.75) is 13.8 Å². The van der Waals surface area contributed by atoms with E-state index in [1.165, 1.54) is 6.07 Å². The lowest BCUT2D eigenvalue weighted by atomic mass is 10.1. The van der Waals surface area contributed by atoms with Gasteiger partial charge in [0.25, 0.3) is 11.6 Å². The van der Waals surface area contributed by atoms with Gasteiger partial charge in [-0.25, -0.2) is 4.98 Å². The van der Waals surface area contributed by atoms with Crippen LogP contribution < -0.4 is 5.32 Å². The summed E-state index contributed by atoms with van der Waals surface area (Å²) in [7, 11) is 0. The molecule has 0 aliphatic heterocycles. The number of hydrogen-bond acceptors (Lipinski definition) is 5. The van der Waals surface area contributed by atoms with Crippen LogP contribution in [0, 0.1) is 24.0 Å². The number of hydrogen-bond donors (Lipinski definition) is 1.